The number of carbonyl (C=O) groups is 1. The Hall–Kier alpha value is -1.08. The van der Waals surface area contributed by atoms with E-state index >= 15 is 0 Å². The van der Waals surface area contributed by atoms with Crippen LogP contribution in [0.2, 0.25) is 0 Å². The Morgan fingerprint density at radius 1 is 1.38 bits per heavy atom. The maximum Gasteiger partial charge on any atom is 0.227 e. The van der Waals surface area contributed by atoms with Crippen molar-refractivity contribution < 1.29 is 4.79 Å². The van der Waals surface area contributed by atoms with Crippen LogP contribution in [0.1, 0.15) is 44.9 Å². The highest BCUT2D eigenvalue weighted by Crippen LogP contribution is 2.37. The summed E-state index contributed by atoms with van der Waals surface area (Å²) in [6.45, 7) is 1.12. The monoisotopic (exact) mass is 223 g/mol. The Morgan fingerprint density at radius 3 is 2.62 bits per heavy atom. The second-order valence-corrected chi connectivity index (χ2v) is 4.56. The van der Waals surface area contributed by atoms with Gasteiger partial charge in [-0.25, -0.2) is 0 Å². The van der Waals surface area contributed by atoms with Gasteiger partial charge in [0.05, 0.1) is 11.5 Å². The summed E-state index contributed by atoms with van der Waals surface area (Å²) in [6.07, 6.45) is 6.36. The van der Waals surface area contributed by atoms with E-state index in [0.717, 1.165) is 38.5 Å². The summed E-state index contributed by atoms with van der Waals surface area (Å²) in [6, 6.07) is 2.10. The van der Waals surface area contributed by atoms with Crippen molar-refractivity contribution in [2.45, 2.75) is 44.9 Å². The number of nitrogens with one attached hydrogen (secondary N) is 1. The van der Waals surface area contributed by atoms with Crippen molar-refractivity contribution in [1.82, 2.24) is 5.32 Å². The van der Waals surface area contributed by atoms with E-state index in [9.17, 15) is 4.79 Å². The zero-order chi connectivity index (χ0) is 11.9. The molecule has 0 saturated heterocycles. The van der Waals surface area contributed by atoms with Crippen LogP contribution in [-0.4, -0.2) is 19.0 Å². The Labute approximate surface area is 97.2 Å². The lowest BCUT2D eigenvalue weighted by molar-refractivity contribution is -0.130. The quantitative estimate of drug-likeness (QED) is 0.666. The molecule has 1 saturated carbocycles. The van der Waals surface area contributed by atoms with Gasteiger partial charge >= 0.3 is 0 Å². The molecule has 0 unspecified atom stereocenters. The van der Waals surface area contributed by atoms with Crippen LogP contribution in [0.4, 0.5) is 0 Å². The van der Waals surface area contributed by atoms with Crippen molar-refractivity contribution in [1.29, 1.82) is 5.26 Å². The lowest BCUT2D eigenvalue weighted by Gasteiger charge is -2.25. The summed E-state index contributed by atoms with van der Waals surface area (Å²) in [7, 11) is 0. The van der Waals surface area contributed by atoms with Crippen LogP contribution in [0.25, 0.3) is 0 Å². The molecule has 0 spiro atoms. The molecule has 1 aliphatic rings. The van der Waals surface area contributed by atoms with Crippen LogP contribution in [-0.2, 0) is 4.79 Å². The third-order valence-electron chi connectivity index (χ3n) is 3.43. The van der Waals surface area contributed by atoms with Crippen molar-refractivity contribution in [3.05, 3.63) is 0 Å². The smallest absolute Gasteiger partial charge is 0.227 e. The molecule has 0 aromatic heterocycles. The first-order valence-corrected chi connectivity index (χ1v) is 6.10. The first-order chi connectivity index (χ1) is 7.75. The van der Waals surface area contributed by atoms with Gasteiger partial charge in [-0.15, -0.1) is 0 Å². The third-order valence-corrected chi connectivity index (χ3v) is 3.43. The van der Waals surface area contributed by atoms with E-state index in [4.69, 9.17) is 11.0 Å². The molecule has 0 aromatic carbocycles. The second kappa shape index (κ2) is 6.49. The first kappa shape index (κ1) is 13.0. The third kappa shape index (κ3) is 3.21. The fraction of sp³-hybridized carbons (Fsp3) is 0.833. The van der Waals surface area contributed by atoms with Gasteiger partial charge in [0, 0.05) is 19.5 Å². The van der Waals surface area contributed by atoms with Crippen LogP contribution >= 0.6 is 0 Å². The van der Waals surface area contributed by atoms with Gasteiger partial charge in [-0.05, 0) is 25.7 Å². The van der Waals surface area contributed by atoms with E-state index in [1.165, 1.54) is 0 Å². The molecule has 4 heteroatoms. The summed E-state index contributed by atoms with van der Waals surface area (Å²) < 4.78 is 0. The molecule has 4 nitrogen and oxygen atoms in total. The lowest BCUT2D eigenvalue weighted by atomic mass is 9.85. The molecule has 1 fully saturated rings. The number of amides is 1. The Kier molecular flexibility index (Phi) is 5.27. The Morgan fingerprint density at radius 2 is 2.06 bits per heavy atom. The SMILES string of the molecule is N#CCCCCNC(=O)C1(CN)CCCC1. The highest BCUT2D eigenvalue weighted by Gasteiger charge is 2.39. The molecule has 1 amide bonds. The lowest BCUT2D eigenvalue weighted by Crippen LogP contribution is -2.44. The molecule has 90 valence electrons. The number of nitriles is 1. The molecule has 1 aliphatic carbocycles. The topological polar surface area (TPSA) is 78.9 Å². The average molecular weight is 223 g/mol. The average Bonchev–Trinajstić information content (AvgIpc) is 2.78. The molecule has 0 aliphatic heterocycles. The van der Waals surface area contributed by atoms with Crippen molar-refractivity contribution in [3.63, 3.8) is 0 Å². The van der Waals surface area contributed by atoms with Crippen molar-refractivity contribution in [2.24, 2.45) is 11.1 Å². The highest BCUT2D eigenvalue weighted by molar-refractivity contribution is 5.83. The van der Waals surface area contributed by atoms with Gasteiger partial charge in [-0.1, -0.05) is 12.8 Å². The number of unbranched alkanes of at least 4 members (excludes halogenated alkanes) is 2. The molecule has 0 heterocycles. The maximum absolute atomic E-state index is 12.0. The summed E-state index contributed by atoms with van der Waals surface area (Å²) in [4.78, 5) is 12.0. The second-order valence-electron chi connectivity index (χ2n) is 4.56. The summed E-state index contributed by atoms with van der Waals surface area (Å²) in [5, 5.41) is 11.3. The van der Waals surface area contributed by atoms with Crippen LogP contribution in [0.3, 0.4) is 0 Å². The van der Waals surface area contributed by atoms with Crippen molar-refractivity contribution >= 4 is 5.91 Å². The minimum Gasteiger partial charge on any atom is -0.356 e. The van der Waals surface area contributed by atoms with Crippen LogP contribution < -0.4 is 11.1 Å². The van der Waals surface area contributed by atoms with Gasteiger partial charge in [-0.3, -0.25) is 4.79 Å². The first-order valence-electron chi connectivity index (χ1n) is 6.10. The van der Waals surface area contributed by atoms with E-state index in [-0.39, 0.29) is 11.3 Å². The fourth-order valence-electron chi connectivity index (χ4n) is 2.29. The number of rotatable bonds is 6. The van der Waals surface area contributed by atoms with E-state index in [0.29, 0.717) is 19.5 Å². The normalized spacial score (nSPS) is 18.0. The molecule has 0 atom stereocenters. The molecular weight excluding hydrogens is 202 g/mol. The van der Waals surface area contributed by atoms with E-state index in [1.807, 2.05) is 0 Å². The number of nitrogens with two attached hydrogens (primary N) is 1. The summed E-state index contributed by atoms with van der Waals surface area (Å²) in [5.41, 5.74) is 5.42. The predicted octanol–water partition coefficient (Wildman–Crippen LogP) is 1.32. The summed E-state index contributed by atoms with van der Waals surface area (Å²) >= 11 is 0. The van der Waals surface area contributed by atoms with E-state index < -0.39 is 0 Å². The molecular formula is C12H21N3O. The molecule has 0 aromatic rings. The zero-order valence-electron chi connectivity index (χ0n) is 9.80. The van der Waals surface area contributed by atoms with Crippen molar-refractivity contribution in [3.8, 4) is 6.07 Å². The van der Waals surface area contributed by atoms with Gasteiger partial charge in [-0.2, -0.15) is 5.26 Å². The van der Waals surface area contributed by atoms with Crippen LogP contribution in [0.5, 0.6) is 0 Å². The van der Waals surface area contributed by atoms with Gasteiger partial charge in [0.15, 0.2) is 0 Å². The minimum absolute atomic E-state index is 0.115. The highest BCUT2D eigenvalue weighted by atomic mass is 16.2. The molecule has 0 bridgehead atoms. The van der Waals surface area contributed by atoms with Crippen LogP contribution in [0.15, 0.2) is 0 Å². The fourth-order valence-corrected chi connectivity index (χ4v) is 2.29. The molecule has 3 N–H and O–H groups in total. The maximum atomic E-state index is 12.0. The molecule has 0 radical (unpaired) electrons. The Bertz CT molecular complexity index is 264. The Balaban J connectivity index is 2.26. The minimum atomic E-state index is -0.296. The van der Waals surface area contributed by atoms with Crippen molar-refractivity contribution in [2.75, 3.05) is 13.1 Å². The van der Waals surface area contributed by atoms with E-state index in [2.05, 4.69) is 11.4 Å². The predicted molar refractivity (Wildman–Crippen MR) is 62.4 cm³/mol. The number of nitrogens with zero attached hydrogens (tertiary/aromatic N) is 1. The van der Waals surface area contributed by atoms with Gasteiger partial charge in [0.1, 0.15) is 0 Å². The van der Waals surface area contributed by atoms with Gasteiger partial charge < -0.3 is 11.1 Å². The van der Waals surface area contributed by atoms with Crippen LogP contribution in [0, 0.1) is 16.7 Å². The molecule has 1 rings (SSSR count). The summed E-state index contributed by atoms with van der Waals surface area (Å²) in [5.74, 6) is 0.115. The number of hydrogen-bond acceptors (Lipinski definition) is 3. The molecule has 16 heavy (non-hydrogen) atoms. The number of carbonyl (C=O) groups excluding carboxylic acids is 1. The largest absolute Gasteiger partial charge is 0.356 e. The zero-order valence-corrected chi connectivity index (χ0v) is 9.80. The van der Waals surface area contributed by atoms with Gasteiger partial charge in [0.25, 0.3) is 0 Å². The standard InChI is InChI=1S/C12H21N3O/c13-8-4-1-5-9-15-11(16)12(10-14)6-2-3-7-12/h1-7,9-10,14H2,(H,15,16). The van der Waals surface area contributed by atoms with Gasteiger partial charge in [0.2, 0.25) is 5.91 Å². The van der Waals surface area contributed by atoms with E-state index in [1.54, 1.807) is 0 Å². The number of hydrogen-bond donors (Lipinski definition) is 2.